The average molecular weight is 251 g/mol. The molecule has 0 heterocycles. The van der Waals surface area contributed by atoms with Crippen LogP contribution in [0.3, 0.4) is 0 Å². The summed E-state index contributed by atoms with van der Waals surface area (Å²) >= 11 is 0. The third kappa shape index (κ3) is 4.00. The fourth-order valence-electron chi connectivity index (χ4n) is 1.96. The predicted octanol–water partition coefficient (Wildman–Crippen LogP) is 2.35. The van der Waals surface area contributed by atoms with Crippen molar-refractivity contribution in [2.24, 2.45) is 0 Å². The van der Waals surface area contributed by atoms with Gasteiger partial charge in [-0.2, -0.15) is 0 Å². The van der Waals surface area contributed by atoms with Crippen LogP contribution in [-0.4, -0.2) is 30.4 Å². The van der Waals surface area contributed by atoms with E-state index in [2.05, 4.69) is 45.1 Å². The van der Waals surface area contributed by atoms with Gasteiger partial charge in [-0.3, -0.25) is 0 Å². The number of rotatable bonds is 6. The number of hydrogen-bond acceptors (Lipinski definition) is 3. The van der Waals surface area contributed by atoms with Crippen LogP contribution in [0.2, 0.25) is 0 Å². The molecule has 0 saturated carbocycles. The molecule has 3 heteroatoms. The van der Waals surface area contributed by atoms with Crippen LogP contribution in [0.1, 0.15) is 30.5 Å². The quantitative estimate of drug-likeness (QED) is 0.815. The summed E-state index contributed by atoms with van der Waals surface area (Å²) in [6.45, 7) is 10.9. The first-order chi connectivity index (χ1) is 8.45. The van der Waals surface area contributed by atoms with Crippen molar-refractivity contribution in [3.8, 4) is 5.75 Å². The fourth-order valence-corrected chi connectivity index (χ4v) is 1.96. The normalized spacial score (nSPS) is 12.8. The van der Waals surface area contributed by atoms with Crippen molar-refractivity contribution in [3.63, 3.8) is 0 Å². The van der Waals surface area contributed by atoms with E-state index in [1.165, 1.54) is 11.1 Å². The van der Waals surface area contributed by atoms with Gasteiger partial charge in [0, 0.05) is 6.04 Å². The monoisotopic (exact) mass is 251 g/mol. The number of hydrogen-bond donors (Lipinski definition) is 2. The fraction of sp³-hybridized carbons (Fsp3) is 0.600. The molecule has 3 nitrogen and oxygen atoms in total. The molecule has 1 rings (SSSR count). The zero-order valence-corrected chi connectivity index (χ0v) is 12.1. The Labute approximate surface area is 110 Å². The molecule has 0 aliphatic rings. The number of nitrogens with one attached hydrogen (secondary N) is 1. The van der Waals surface area contributed by atoms with Crippen LogP contribution in [0.15, 0.2) is 12.1 Å². The molecule has 0 aliphatic carbocycles. The van der Waals surface area contributed by atoms with Gasteiger partial charge in [0.25, 0.3) is 0 Å². The van der Waals surface area contributed by atoms with Crippen molar-refractivity contribution >= 4 is 0 Å². The minimum atomic E-state index is -0.0238. The molecule has 1 aromatic carbocycles. The van der Waals surface area contributed by atoms with Crippen LogP contribution in [0, 0.1) is 20.8 Å². The van der Waals surface area contributed by atoms with Gasteiger partial charge in [-0.1, -0.05) is 26.0 Å². The Hall–Kier alpha value is -1.06. The van der Waals surface area contributed by atoms with E-state index in [4.69, 9.17) is 4.74 Å². The van der Waals surface area contributed by atoms with Crippen molar-refractivity contribution < 1.29 is 9.84 Å². The van der Waals surface area contributed by atoms with E-state index < -0.39 is 0 Å². The summed E-state index contributed by atoms with van der Waals surface area (Å²) in [6.07, 6.45) is 0. The minimum Gasteiger partial charge on any atom is -0.491 e. The van der Waals surface area contributed by atoms with Crippen molar-refractivity contribution in [2.75, 3.05) is 13.2 Å². The highest BCUT2D eigenvalue weighted by Crippen LogP contribution is 2.25. The van der Waals surface area contributed by atoms with Gasteiger partial charge in [0.05, 0.1) is 12.6 Å². The van der Waals surface area contributed by atoms with Crippen molar-refractivity contribution in [3.05, 3.63) is 28.8 Å². The van der Waals surface area contributed by atoms with Crippen LogP contribution in [0.5, 0.6) is 5.75 Å². The molecule has 1 unspecified atom stereocenters. The van der Waals surface area contributed by atoms with Gasteiger partial charge < -0.3 is 15.2 Å². The Bertz CT molecular complexity index is 388. The maximum atomic E-state index is 9.30. The first-order valence-electron chi connectivity index (χ1n) is 6.52. The van der Waals surface area contributed by atoms with Crippen LogP contribution >= 0.6 is 0 Å². The molecule has 1 atom stereocenters. The molecule has 0 radical (unpaired) electrons. The van der Waals surface area contributed by atoms with Gasteiger partial charge in [0.15, 0.2) is 0 Å². The number of aliphatic hydroxyl groups is 1. The zero-order chi connectivity index (χ0) is 13.7. The van der Waals surface area contributed by atoms with Gasteiger partial charge >= 0.3 is 0 Å². The number of aliphatic hydroxyl groups excluding tert-OH is 1. The number of aryl methyl sites for hydroxylation is 2. The zero-order valence-electron chi connectivity index (χ0n) is 12.1. The van der Waals surface area contributed by atoms with Gasteiger partial charge in [0.2, 0.25) is 0 Å². The smallest absolute Gasteiger partial charge is 0.125 e. The lowest BCUT2D eigenvalue weighted by atomic mass is 10.1. The van der Waals surface area contributed by atoms with Crippen molar-refractivity contribution in [2.45, 2.75) is 46.7 Å². The van der Waals surface area contributed by atoms with E-state index in [1.54, 1.807) is 0 Å². The molecular formula is C15H25NO2. The molecule has 0 bridgehead atoms. The maximum absolute atomic E-state index is 9.30. The van der Waals surface area contributed by atoms with Gasteiger partial charge in [0.1, 0.15) is 12.4 Å². The Morgan fingerprint density at radius 2 is 1.78 bits per heavy atom. The molecular weight excluding hydrogens is 226 g/mol. The summed E-state index contributed by atoms with van der Waals surface area (Å²) in [6, 6.07) is 4.49. The van der Waals surface area contributed by atoms with E-state index in [0.717, 1.165) is 11.3 Å². The van der Waals surface area contributed by atoms with Crippen molar-refractivity contribution in [1.29, 1.82) is 0 Å². The second-order valence-corrected chi connectivity index (χ2v) is 5.17. The van der Waals surface area contributed by atoms with E-state index in [1.807, 2.05) is 6.92 Å². The summed E-state index contributed by atoms with van der Waals surface area (Å²) in [5, 5.41) is 12.6. The topological polar surface area (TPSA) is 41.5 Å². The molecule has 0 fully saturated rings. The highest BCUT2D eigenvalue weighted by Gasteiger charge is 2.12. The van der Waals surface area contributed by atoms with Gasteiger partial charge in [-0.25, -0.2) is 0 Å². The summed E-state index contributed by atoms with van der Waals surface area (Å²) in [4.78, 5) is 0. The number of benzene rings is 1. The third-order valence-corrected chi connectivity index (χ3v) is 3.09. The predicted molar refractivity (Wildman–Crippen MR) is 75.3 cm³/mol. The lowest BCUT2D eigenvalue weighted by molar-refractivity contribution is 0.176. The molecule has 0 spiro atoms. The van der Waals surface area contributed by atoms with E-state index in [9.17, 15) is 5.11 Å². The second-order valence-electron chi connectivity index (χ2n) is 5.17. The van der Waals surface area contributed by atoms with Crippen LogP contribution in [-0.2, 0) is 0 Å². The SMILES string of the molecule is Cc1ccc(C)c(OCC(CO)NC(C)C)c1C. The van der Waals surface area contributed by atoms with Gasteiger partial charge in [-0.15, -0.1) is 0 Å². The lowest BCUT2D eigenvalue weighted by Gasteiger charge is -2.21. The standard InChI is InChI=1S/C15H25NO2/c1-10(2)16-14(8-17)9-18-15-12(4)7-6-11(3)13(15)5/h6-7,10,14,16-17H,8-9H2,1-5H3. The highest BCUT2D eigenvalue weighted by atomic mass is 16.5. The Kier molecular flexibility index (Phi) is 5.63. The molecule has 0 aromatic heterocycles. The highest BCUT2D eigenvalue weighted by molar-refractivity contribution is 5.44. The van der Waals surface area contributed by atoms with Crippen molar-refractivity contribution in [1.82, 2.24) is 5.32 Å². The Balaban J connectivity index is 2.70. The molecule has 1 aromatic rings. The second kappa shape index (κ2) is 6.76. The van der Waals surface area contributed by atoms with E-state index >= 15 is 0 Å². The first kappa shape index (κ1) is 15.0. The van der Waals surface area contributed by atoms with E-state index in [-0.39, 0.29) is 12.6 Å². The summed E-state index contributed by atoms with van der Waals surface area (Å²) in [5.74, 6) is 0.944. The summed E-state index contributed by atoms with van der Waals surface area (Å²) in [5.41, 5.74) is 3.54. The summed E-state index contributed by atoms with van der Waals surface area (Å²) in [7, 11) is 0. The van der Waals surface area contributed by atoms with E-state index in [0.29, 0.717) is 12.6 Å². The molecule has 0 aliphatic heterocycles. The van der Waals surface area contributed by atoms with Crippen LogP contribution in [0.25, 0.3) is 0 Å². The largest absolute Gasteiger partial charge is 0.491 e. The molecule has 18 heavy (non-hydrogen) atoms. The first-order valence-corrected chi connectivity index (χ1v) is 6.52. The maximum Gasteiger partial charge on any atom is 0.125 e. The van der Waals surface area contributed by atoms with Crippen LogP contribution in [0.4, 0.5) is 0 Å². The minimum absolute atomic E-state index is 0.0238. The summed E-state index contributed by atoms with van der Waals surface area (Å²) < 4.78 is 5.88. The number of ether oxygens (including phenoxy) is 1. The Morgan fingerprint density at radius 1 is 1.17 bits per heavy atom. The average Bonchev–Trinajstić information content (AvgIpc) is 2.32. The van der Waals surface area contributed by atoms with Crippen LogP contribution < -0.4 is 10.1 Å². The molecule has 2 N–H and O–H groups in total. The Morgan fingerprint density at radius 3 is 2.33 bits per heavy atom. The molecule has 102 valence electrons. The molecule has 0 amide bonds. The van der Waals surface area contributed by atoms with Gasteiger partial charge in [-0.05, 0) is 37.5 Å². The molecule has 0 saturated heterocycles. The third-order valence-electron chi connectivity index (χ3n) is 3.09. The lowest BCUT2D eigenvalue weighted by Crippen LogP contribution is -2.41.